The SMILES string of the molecule is O=C(NO)c1ccc2c(c1)CN(C(=O)C1CCCCC1)C1CC(C1)O2. The molecule has 1 aromatic rings. The standard InChI is InChI=1S/C19H24N2O4/c22-18(20-24)13-6-7-17-14(8-13)11-21(15-9-16(10-15)25-17)19(23)12-4-2-1-3-5-12/h6-8,12,15-16,24H,1-5,9-11H2,(H,20,22). The lowest BCUT2D eigenvalue weighted by Gasteiger charge is -2.46. The Morgan fingerprint density at radius 3 is 2.64 bits per heavy atom. The molecule has 2 aliphatic carbocycles. The number of nitrogens with one attached hydrogen (secondary N) is 1. The van der Waals surface area contributed by atoms with Crippen LogP contribution in [0.15, 0.2) is 18.2 Å². The number of fused-ring (bicyclic) bond motifs is 1. The monoisotopic (exact) mass is 344 g/mol. The highest BCUT2D eigenvalue weighted by atomic mass is 16.5. The number of nitrogens with zero attached hydrogens (tertiary/aromatic N) is 1. The first-order valence-electron chi connectivity index (χ1n) is 9.20. The number of hydrogen-bond donors (Lipinski definition) is 2. The number of amides is 2. The van der Waals surface area contributed by atoms with Crippen LogP contribution in [0, 0.1) is 5.92 Å². The van der Waals surface area contributed by atoms with Crippen molar-refractivity contribution in [2.45, 2.75) is 63.6 Å². The summed E-state index contributed by atoms with van der Waals surface area (Å²) in [5.41, 5.74) is 2.86. The van der Waals surface area contributed by atoms with Crippen molar-refractivity contribution in [2.75, 3.05) is 0 Å². The summed E-state index contributed by atoms with van der Waals surface area (Å²) in [5, 5.41) is 8.86. The molecule has 134 valence electrons. The van der Waals surface area contributed by atoms with E-state index in [1.807, 2.05) is 4.90 Å². The summed E-state index contributed by atoms with van der Waals surface area (Å²) in [5.74, 6) is 0.577. The van der Waals surface area contributed by atoms with Gasteiger partial charge < -0.3 is 9.64 Å². The first-order valence-corrected chi connectivity index (χ1v) is 9.20. The van der Waals surface area contributed by atoms with Gasteiger partial charge in [0.2, 0.25) is 5.91 Å². The summed E-state index contributed by atoms with van der Waals surface area (Å²) in [6, 6.07) is 5.35. The number of rotatable bonds is 2. The van der Waals surface area contributed by atoms with Gasteiger partial charge in [-0.1, -0.05) is 19.3 Å². The molecule has 0 unspecified atom stereocenters. The number of carbonyl (C=O) groups excluding carboxylic acids is 2. The molecular weight excluding hydrogens is 320 g/mol. The minimum Gasteiger partial charge on any atom is -0.490 e. The van der Waals surface area contributed by atoms with Gasteiger partial charge >= 0.3 is 0 Å². The molecule has 2 saturated carbocycles. The lowest BCUT2D eigenvalue weighted by molar-refractivity contribution is -0.144. The van der Waals surface area contributed by atoms with Gasteiger partial charge in [-0.2, -0.15) is 0 Å². The molecule has 4 aliphatic rings. The Bertz CT molecular complexity index is 678. The van der Waals surface area contributed by atoms with E-state index < -0.39 is 5.91 Å². The topological polar surface area (TPSA) is 78.9 Å². The molecule has 0 radical (unpaired) electrons. The third-order valence-corrected chi connectivity index (χ3v) is 5.81. The normalized spacial score (nSPS) is 25.7. The van der Waals surface area contributed by atoms with Gasteiger partial charge in [0.25, 0.3) is 5.91 Å². The fourth-order valence-electron chi connectivity index (χ4n) is 4.25. The van der Waals surface area contributed by atoms with Crippen molar-refractivity contribution in [2.24, 2.45) is 5.92 Å². The molecule has 1 aromatic carbocycles. The number of ether oxygens (including phenoxy) is 1. The maximum Gasteiger partial charge on any atom is 0.274 e. The van der Waals surface area contributed by atoms with Crippen LogP contribution in [0.4, 0.5) is 0 Å². The number of hydroxylamine groups is 1. The molecule has 6 nitrogen and oxygen atoms in total. The molecule has 6 heteroatoms. The van der Waals surface area contributed by atoms with Crippen LogP contribution < -0.4 is 10.2 Å². The molecule has 0 aromatic heterocycles. The Hall–Kier alpha value is -2.08. The molecular formula is C19H24N2O4. The van der Waals surface area contributed by atoms with Crippen LogP contribution in [0.3, 0.4) is 0 Å². The van der Waals surface area contributed by atoms with Gasteiger partial charge in [-0.15, -0.1) is 0 Å². The highest BCUT2D eigenvalue weighted by Crippen LogP contribution is 2.38. The van der Waals surface area contributed by atoms with Crippen LogP contribution in [0.5, 0.6) is 5.75 Å². The van der Waals surface area contributed by atoms with E-state index in [2.05, 4.69) is 0 Å². The van der Waals surface area contributed by atoms with Gasteiger partial charge in [0, 0.05) is 42.5 Å². The highest BCUT2D eigenvalue weighted by Gasteiger charge is 2.41. The van der Waals surface area contributed by atoms with Crippen LogP contribution in [0.2, 0.25) is 0 Å². The van der Waals surface area contributed by atoms with Gasteiger partial charge in [0.05, 0.1) is 0 Å². The van der Waals surface area contributed by atoms with Crippen LogP contribution in [0.1, 0.15) is 60.9 Å². The van der Waals surface area contributed by atoms with Crippen molar-refractivity contribution in [3.05, 3.63) is 29.3 Å². The molecule has 2 aliphatic heterocycles. The third-order valence-electron chi connectivity index (χ3n) is 5.81. The first-order chi connectivity index (χ1) is 12.2. The van der Waals surface area contributed by atoms with E-state index >= 15 is 0 Å². The van der Waals surface area contributed by atoms with Crippen molar-refractivity contribution < 1.29 is 19.5 Å². The second-order valence-corrected chi connectivity index (χ2v) is 7.43. The minimum atomic E-state index is -0.555. The van der Waals surface area contributed by atoms with Crippen LogP contribution >= 0.6 is 0 Å². The Kier molecular flexibility index (Phi) is 4.37. The fraction of sp³-hybridized carbons (Fsp3) is 0.579. The molecule has 2 amide bonds. The maximum absolute atomic E-state index is 13.1. The Morgan fingerprint density at radius 2 is 1.92 bits per heavy atom. The van der Waals surface area contributed by atoms with Gasteiger partial charge in [-0.05, 0) is 31.0 Å². The zero-order valence-electron chi connectivity index (χ0n) is 14.2. The summed E-state index contributed by atoms with van der Waals surface area (Å²) in [6.07, 6.45) is 7.39. The lowest BCUT2D eigenvalue weighted by Crippen LogP contribution is -2.54. The molecule has 2 fully saturated rings. The summed E-state index contributed by atoms with van der Waals surface area (Å²) in [7, 11) is 0. The molecule has 2 N–H and O–H groups in total. The third kappa shape index (κ3) is 3.11. The van der Waals surface area contributed by atoms with Crippen LogP contribution in [-0.2, 0) is 11.3 Å². The second kappa shape index (κ2) is 6.67. The zero-order chi connectivity index (χ0) is 17.4. The van der Waals surface area contributed by atoms with Crippen molar-refractivity contribution in [1.82, 2.24) is 10.4 Å². The smallest absolute Gasteiger partial charge is 0.274 e. The fourth-order valence-corrected chi connectivity index (χ4v) is 4.25. The zero-order valence-corrected chi connectivity index (χ0v) is 14.2. The predicted molar refractivity (Wildman–Crippen MR) is 90.3 cm³/mol. The molecule has 2 heterocycles. The van der Waals surface area contributed by atoms with Crippen molar-refractivity contribution in [3.63, 3.8) is 0 Å². The van der Waals surface area contributed by atoms with Gasteiger partial charge in [-0.3, -0.25) is 14.8 Å². The summed E-state index contributed by atoms with van der Waals surface area (Å²) < 4.78 is 6.01. The number of carbonyl (C=O) groups is 2. The number of benzene rings is 1. The average molecular weight is 344 g/mol. The highest BCUT2D eigenvalue weighted by molar-refractivity contribution is 5.93. The number of hydrogen-bond acceptors (Lipinski definition) is 4. The van der Waals surface area contributed by atoms with E-state index in [0.717, 1.165) is 49.8 Å². The van der Waals surface area contributed by atoms with E-state index in [1.54, 1.807) is 23.7 Å². The predicted octanol–water partition coefficient (Wildman–Crippen LogP) is 2.64. The molecule has 5 rings (SSSR count). The van der Waals surface area contributed by atoms with Crippen molar-refractivity contribution in [1.29, 1.82) is 0 Å². The summed E-state index contributed by atoms with van der Waals surface area (Å²) >= 11 is 0. The molecule has 0 saturated heterocycles. The molecule has 0 spiro atoms. The summed E-state index contributed by atoms with van der Waals surface area (Å²) in [4.78, 5) is 26.8. The molecule has 0 atom stereocenters. The maximum atomic E-state index is 13.1. The Labute approximate surface area is 147 Å². The Balaban J connectivity index is 1.61. The largest absolute Gasteiger partial charge is 0.490 e. The second-order valence-electron chi connectivity index (χ2n) is 7.43. The van der Waals surface area contributed by atoms with Crippen molar-refractivity contribution in [3.8, 4) is 5.75 Å². The van der Waals surface area contributed by atoms with E-state index in [9.17, 15) is 9.59 Å². The van der Waals surface area contributed by atoms with E-state index in [4.69, 9.17) is 9.94 Å². The van der Waals surface area contributed by atoms with Crippen molar-refractivity contribution >= 4 is 11.8 Å². The lowest BCUT2D eigenvalue weighted by atomic mass is 9.83. The molecule has 2 bridgehead atoms. The van der Waals surface area contributed by atoms with Gasteiger partial charge in [-0.25, -0.2) is 5.48 Å². The average Bonchev–Trinajstić information content (AvgIpc) is 2.60. The minimum absolute atomic E-state index is 0.139. The van der Waals surface area contributed by atoms with E-state index in [-0.39, 0.29) is 24.0 Å². The summed E-state index contributed by atoms with van der Waals surface area (Å²) in [6.45, 7) is 0.467. The van der Waals surface area contributed by atoms with E-state index in [1.165, 1.54) is 6.42 Å². The van der Waals surface area contributed by atoms with Crippen LogP contribution in [-0.4, -0.2) is 34.1 Å². The van der Waals surface area contributed by atoms with E-state index in [0.29, 0.717) is 12.1 Å². The van der Waals surface area contributed by atoms with Gasteiger partial charge in [0.15, 0.2) is 0 Å². The first kappa shape index (κ1) is 16.4. The Morgan fingerprint density at radius 1 is 1.16 bits per heavy atom. The molecule has 25 heavy (non-hydrogen) atoms. The quantitative estimate of drug-likeness (QED) is 0.638. The van der Waals surface area contributed by atoms with Gasteiger partial charge in [0.1, 0.15) is 11.9 Å². The van der Waals surface area contributed by atoms with Crippen LogP contribution in [0.25, 0.3) is 0 Å².